The van der Waals surface area contributed by atoms with E-state index < -0.39 is 6.10 Å². The van der Waals surface area contributed by atoms with Gasteiger partial charge in [-0.05, 0) is 106 Å². The van der Waals surface area contributed by atoms with Gasteiger partial charge in [-0.1, -0.05) is 32.4 Å². The Hall–Kier alpha value is -0.420. The standard InChI is InChI=1S/C29H48O4/c1-19(7-6-16-33-27-8-4-5-15-32-27)23-11-12-24-22-10-9-20-17-21(30)18-26(31)29(20,3)25(22)13-14-28(23,24)2/h9,19,21-27,30-31H,4-8,10-18H2,1-3H3/t19-,21-,22+,23-,24+,25+,26+,27?,28-,29+/m1/s1. The van der Waals surface area contributed by atoms with Gasteiger partial charge in [0.05, 0.1) is 12.2 Å². The molecule has 1 aliphatic heterocycles. The molecule has 0 bridgehead atoms. The predicted molar refractivity (Wildman–Crippen MR) is 131 cm³/mol. The van der Waals surface area contributed by atoms with Crippen LogP contribution in [0.1, 0.15) is 97.8 Å². The molecule has 0 spiro atoms. The zero-order valence-corrected chi connectivity index (χ0v) is 21.3. The van der Waals surface area contributed by atoms with E-state index in [1.54, 1.807) is 0 Å². The molecular weight excluding hydrogens is 412 g/mol. The second-order valence-electron chi connectivity index (χ2n) is 12.7. The van der Waals surface area contributed by atoms with Gasteiger partial charge in [0.2, 0.25) is 0 Å². The van der Waals surface area contributed by atoms with Crippen LogP contribution in [0.15, 0.2) is 11.6 Å². The Labute approximate surface area is 201 Å². The third kappa shape index (κ3) is 4.26. The molecule has 33 heavy (non-hydrogen) atoms. The highest BCUT2D eigenvalue weighted by Gasteiger charge is 2.60. The van der Waals surface area contributed by atoms with Gasteiger partial charge in [0, 0.05) is 25.0 Å². The third-order valence-electron chi connectivity index (χ3n) is 11.2. The first kappa shape index (κ1) is 24.3. The molecule has 188 valence electrons. The highest BCUT2D eigenvalue weighted by molar-refractivity contribution is 5.27. The Balaban J connectivity index is 1.21. The second-order valence-corrected chi connectivity index (χ2v) is 12.7. The molecule has 0 aromatic carbocycles. The highest BCUT2D eigenvalue weighted by Crippen LogP contribution is 2.67. The minimum absolute atomic E-state index is 0.0413. The minimum atomic E-state index is -0.395. The fraction of sp³-hybridized carbons (Fsp3) is 0.931. The average Bonchev–Trinajstić information content (AvgIpc) is 3.16. The van der Waals surface area contributed by atoms with Gasteiger partial charge in [-0.2, -0.15) is 0 Å². The van der Waals surface area contributed by atoms with Gasteiger partial charge in [0.15, 0.2) is 6.29 Å². The molecule has 0 aromatic heterocycles. The van der Waals surface area contributed by atoms with Crippen LogP contribution in [0.2, 0.25) is 0 Å². The molecule has 3 saturated carbocycles. The van der Waals surface area contributed by atoms with Crippen molar-refractivity contribution in [2.45, 2.75) is 116 Å². The molecule has 4 nitrogen and oxygen atoms in total. The van der Waals surface area contributed by atoms with Gasteiger partial charge in [0.25, 0.3) is 0 Å². The summed E-state index contributed by atoms with van der Waals surface area (Å²) >= 11 is 0. The number of fused-ring (bicyclic) bond motifs is 5. The van der Waals surface area contributed by atoms with Crippen LogP contribution in [0.4, 0.5) is 0 Å². The quantitative estimate of drug-likeness (QED) is 0.385. The number of aliphatic hydroxyl groups is 2. The van der Waals surface area contributed by atoms with Gasteiger partial charge in [-0.15, -0.1) is 0 Å². The first-order valence-corrected chi connectivity index (χ1v) is 14.1. The van der Waals surface area contributed by atoms with Crippen molar-refractivity contribution in [1.29, 1.82) is 0 Å². The molecule has 4 fully saturated rings. The van der Waals surface area contributed by atoms with Gasteiger partial charge in [-0.25, -0.2) is 0 Å². The van der Waals surface area contributed by atoms with Crippen molar-refractivity contribution in [3.8, 4) is 0 Å². The van der Waals surface area contributed by atoms with Crippen LogP contribution in [-0.4, -0.2) is 41.9 Å². The van der Waals surface area contributed by atoms with Gasteiger partial charge >= 0.3 is 0 Å². The first-order chi connectivity index (χ1) is 15.8. The predicted octanol–water partition coefficient (Wildman–Crippen LogP) is 5.86. The SMILES string of the molecule is C[C@H](CCCOC1CCCCO1)[C@H]1CC[C@H]2[C@@H]3CC=C4C[C@@H](O)C[C@H](O)[C@]4(C)[C@H]3CC[C@]12C. The molecule has 4 heteroatoms. The summed E-state index contributed by atoms with van der Waals surface area (Å²) in [6.07, 6.45) is 15.3. The summed E-state index contributed by atoms with van der Waals surface area (Å²) in [7, 11) is 0. The van der Waals surface area contributed by atoms with Crippen LogP contribution in [0, 0.1) is 40.4 Å². The fourth-order valence-corrected chi connectivity index (χ4v) is 9.34. The van der Waals surface area contributed by atoms with E-state index in [1.165, 1.54) is 50.5 Å². The summed E-state index contributed by atoms with van der Waals surface area (Å²) in [4.78, 5) is 0. The molecule has 2 N–H and O–H groups in total. The van der Waals surface area contributed by atoms with E-state index in [1.807, 2.05) is 0 Å². The fourth-order valence-electron chi connectivity index (χ4n) is 9.34. The van der Waals surface area contributed by atoms with Crippen LogP contribution in [-0.2, 0) is 9.47 Å². The topological polar surface area (TPSA) is 58.9 Å². The Morgan fingerprint density at radius 2 is 1.97 bits per heavy atom. The van der Waals surface area contributed by atoms with Crippen molar-refractivity contribution in [3.05, 3.63) is 11.6 Å². The minimum Gasteiger partial charge on any atom is -0.393 e. The van der Waals surface area contributed by atoms with Crippen LogP contribution in [0.5, 0.6) is 0 Å². The van der Waals surface area contributed by atoms with Gasteiger partial charge in [-0.3, -0.25) is 0 Å². The molecule has 5 aliphatic rings. The highest BCUT2D eigenvalue weighted by atomic mass is 16.7. The van der Waals surface area contributed by atoms with Crippen LogP contribution < -0.4 is 0 Å². The van der Waals surface area contributed by atoms with Crippen LogP contribution in [0.25, 0.3) is 0 Å². The number of hydrogen-bond acceptors (Lipinski definition) is 4. The number of hydrogen-bond donors (Lipinski definition) is 2. The molecule has 5 rings (SSSR count). The summed E-state index contributed by atoms with van der Waals surface area (Å²) in [6.45, 7) is 9.12. The number of ether oxygens (including phenoxy) is 2. The second kappa shape index (κ2) is 9.56. The maximum Gasteiger partial charge on any atom is 0.157 e. The molecule has 0 aromatic rings. The summed E-state index contributed by atoms with van der Waals surface area (Å²) in [5.41, 5.74) is 1.67. The molecular formula is C29H48O4. The van der Waals surface area contributed by atoms with Crippen LogP contribution in [0.3, 0.4) is 0 Å². The van der Waals surface area contributed by atoms with Gasteiger partial charge in [0.1, 0.15) is 0 Å². The van der Waals surface area contributed by atoms with Gasteiger partial charge < -0.3 is 19.7 Å². The Kier molecular flexibility index (Phi) is 7.03. The van der Waals surface area contributed by atoms with Crippen molar-refractivity contribution >= 4 is 0 Å². The lowest BCUT2D eigenvalue weighted by Gasteiger charge is -2.59. The van der Waals surface area contributed by atoms with E-state index in [2.05, 4.69) is 26.8 Å². The third-order valence-corrected chi connectivity index (χ3v) is 11.2. The molecule has 0 amide bonds. The smallest absolute Gasteiger partial charge is 0.157 e. The normalized spacial score (nSPS) is 48.4. The van der Waals surface area contributed by atoms with E-state index in [0.29, 0.717) is 23.7 Å². The monoisotopic (exact) mass is 460 g/mol. The van der Waals surface area contributed by atoms with Crippen molar-refractivity contribution < 1.29 is 19.7 Å². The molecule has 10 atom stereocenters. The van der Waals surface area contributed by atoms with E-state index in [4.69, 9.17) is 9.47 Å². The molecule has 0 radical (unpaired) electrons. The lowest BCUT2D eigenvalue weighted by Crippen LogP contribution is -2.55. The number of aliphatic hydroxyl groups excluding tert-OH is 2. The molecule has 1 saturated heterocycles. The largest absolute Gasteiger partial charge is 0.393 e. The van der Waals surface area contributed by atoms with E-state index in [-0.39, 0.29) is 17.8 Å². The summed E-state index contributed by atoms with van der Waals surface area (Å²) in [5, 5.41) is 21.4. The van der Waals surface area contributed by atoms with Crippen molar-refractivity contribution in [1.82, 2.24) is 0 Å². The lowest BCUT2D eigenvalue weighted by atomic mass is 9.46. The summed E-state index contributed by atoms with van der Waals surface area (Å²) < 4.78 is 11.7. The van der Waals surface area contributed by atoms with E-state index in [0.717, 1.165) is 56.7 Å². The Morgan fingerprint density at radius 1 is 1.12 bits per heavy atom. The van der Waals surface area contributed by atoms with Crippen molar-refractivity contribution in [2.75, 3.05) is 13.2 Å². The molecule has 1 unspecified atom stereocenters. The summed E-state index contributed by atoms with van der Waals surface area (Å²) in [6, 6.07) is 0. The lowest BCUT2D eigenvalue weighted by molar-refractivity contribution is -0.163. The van der Waals surface area contributed by atoms with E-state index >= 15 is 0 Å². The van der Waals surface area contributed by atoms with Crippen LogP contribution >= 0.6 is 0 Å². The Morgan fingerprint density at radius 3 is 2.76 bits per heavy atom. The first-order valence-electron chi connectivity index (χ1n) is 14.1. The van der Waals surface area contributed by atoms with Crippen molar-refractivity contribution in [2.24, 2.45) is 40.4 Å². The number of allylic oxidation sites excluding steroid dienone is 1. The number of rotatable bonds is 6. The van der Waals surface area contributed by atoms with Crippen molar-refractivity contribution in [3.63, 3.8) is 0 Å². The van der Waals surface area contributed by atoms with E-state index in [9.17, 15) is 10.2 Å². The molecule has 1 heterocycles. The molecule has 4 aliphatic carbocycles. The summed E-state index contributed by atoms with van der Waals surface area (Å²) in [5.74, 6) is 3.62. The average molecular weight is 461 g/mol. The maximum atomic E-state index is 11.1. The maximum absolute atomic E-state index is 11.1. The zero-order chi connectivity index (χ0) is 23.2. The Bertz CT molecular complexity index is 714. The zero-order valence-electron chi connectivity index (χ0n) is 21.3.